The van der Waals surface area contributed by atoms with Crippen LogP contribution in [0.2, 0.25) is 0 Å². The number of nitrogen functional groups attached to an aromatic ring is 1. The number of hydrogen-bond acceptors (Lipinski definition) is 5. The van der Waals surface area contributed by atoms with Crippen molar-refractivity contribution in [2.24, 2.45) is 0 Å². The van der Waals surface area contributed by atoms with Gasteiger partial charge in [-0.3, -0.25) is 10.1 Å². The molecule has 22 heavy (non-hydrogen) atoms. The molecule has 0 aromatic heterocycles. The zero-order chi connectivity index (χ0) is 15.8. The van der Waals surface area contributed by atoms with Crippen LogP contribution in [0.3, 0.4) is 0 Å². The topological polar surface area (TPSA) is 84.4 Å². The molecule has 122 valence electrons. The lowest BCUT2D eigenvalue weighted by Crippen LogP contribution is -2.30. The largest absolute Gasteiger partial charge is 0.399 e. The van der Waals surface area contributed by atoms with Crippen LogP contribution in [0, 0.1) is 10.1 Å². The average Bonchev–Trinajstić information content (AvgIpc) is 2.52. The van der Waals surface area contributed by atoms with Crippen LogP contribution >= 0.6 is 0 Å². The molecule has 6 nitrogen and oxygen atoms in total. The molecule has 1 aromatic rings. The van der Waals surface area contributed by atoms with E-state index >= 15 is 0 Å². The van der Waals surface area contributed by atoms with E-state index in [0.29, 0.717) is 11.4 Å². The third-order valence-electron chi connectivity index (χ3n) is 4.13. The summed E-state index contributed by atoms with van der Waals surface area (Å²) in [7, 11) is 0. The number of nitrogens with zero attached hydrogens (tertiary/aromatic N) is 2. The minimum absolute atomic E-state index is 0.0494. The second-order valence-electron chi connectivity index (χ2n) is 5.92. The summed E-state index contributed by atoms with van der Waals surface area (Å²) in [5.41, 5.74) is 6.61. The first-order valence-electron chi connectivity index (χ1n) is 8.17. The number of nitro groups is 1. The van der Waals surface area contributed by atoms with Gasteiger partial charge in [-0.05, 0) is 57.5 Å². The number of unbranched alkanes of at least 4 members (excludes halogenated alkanes) is 2. The summed E-state index contributed by atoms with van der Waals surface area (Å²) < 4.78 is 0. The Kier molecular flexibility index (Phi) is 6.45. The lowest BCUT2D eigenvalue weighted by molar-refractivity contribution is -0.383. The second kappa shape index (κ2) is 8.58. The molecule has 0 aliphatic carbocycles. The van der Waals surface area contributed by atoms with Crippen LogP contribution in [0.15, 0.2) is 18.2 Å². The van der Waals surface area contributed by atoms with Crippen LogP contribution in [-0.2, 0) is 0 Å². The van der Waals surface area contributed by atoms with E-state index in [4.69, 9.17) is 5.73 Å². The molecule has 1 saturated heterocycles. The van der Waals surface area contributed by atoms with Crippen LogP contribution in [0.5, 0.6) is 0 Å². The van der Waals surface area contributed by atoms with Gasteiger partial charge in [-0.15, -0.1) is 0 Å². The molecule has 3 N–H and O–H groups in total. The lowest BCUT2D eigenvalue weighted by atomic mass is 10.1. The van der Waals surface area contributed by atoms with Gasteiger partial charge in [0, 0.05) is 18.3 Å². The van der Waals surface area contributed by atoms with E-state index in [0.717, 1.165) is 19.4 Å². The molecule has 2 rings (SSSR count). The van der Waals surface area contributed by atoms with E-state index in [1.807, 2.05) is 0 Å². The van der Waals surface area contributed by atoms with Crippen molar-refractivity contribution in [2.45, 2.75) is 38.5 Å². The fourth-order valence-corrected chi connectivity index (χ4v) is 2.89. The van der Waals surface area contributed by atoms with Crippen molar-refractivity contribution < 1.29 is 4.92 Å². The number of nitro benzene ring substituents is 1. The van der Waals surface area contributed by atoms with Gasteiger partial charge in [0.15, 0.2) is 0 Å². The number of likely N-dealkylation sites (tertiary alicyclic amines) is 1. The fourth-order valence-electron chi connectivity index (χ4n) is 2.89. The predicted octanol–water partition coefficient (Wildman–Crippen LogP) is 3.25. The standard InChI is InChI=1S/C16H26N4O2/c17-14-7-8-15(16(13-14)20(21)22)18-9-3-1-4-10-19-11-5-2-6-12-19/h7-8,13,18H,1-6,9-12,17H2. The summed E-state index contributed by atoms with van der Waals surface area (Å²) >= 11 is 0. The first kappa shape index (κ1) is 16.5. The molecular formula is C16H26N4O2. The summed E-state index contributed by atoms with van der Waals surface area (Å²) in [4.78, 5) is 13.1. The Labute approximate surface area is 131 Å². The molecule has 0 unspecified atom stereocenters. The van der Waals surface area contributed by atoms with Crippen molar-refractivity contribution in [3.05, 3.63) is 28.3 Å². The van der Waals surface area contributed by atoms with E-state index in [1.54, 1.807) is 12.1 Å². The summed E-state index contributed by atoms with van der Waals surface area (Å²) in [5, 5.41) is 14.1. The molecule has 0 spiro atoms. The Morgan fingerprint density at radius 1 is 1.18 bits per heavy atom. The fraction of sp³-hybridized carbons (Fsp3) is 0.625. The van der Waals surface area contributed by atoms with E-state index in [9.17, 15) is 10.1 Å². The highest BCUT2D eigenvalue weighted by Crippen LogP contribution is 2.26. The highest BCUT2D eigenvalue weighted by atomic mass is 16.6. The summed E-state index contributed by atoms with van der Waals surface area (Å²) in [6.45, 7) is 4.43. The lowest BCUT2D eigenvalue weighted by Gasteiger charge is -2.26. The molecule has 1 aromatic carbocycles. The number of nitrogens with one attached hydrogen (secondary N) is 1. The smallest absolute Gasteiger partial charge is 0.294 e. The molecule has 0 radical (unpaired) electrons. The first-order valence-corrected chi connectivity index (χ1v) is 8.17. The Morgan fingerprint density at radius 3 is 2.68 bits per heavy atom. The van der Waals surface area contributed by atoms with E-state index in [2.05, 4.69) is 10.2 Å². The maximum atomic E-state index is 11.0. The number of nitrogens with two attached hydrogens (primary N) is 1. The average molecular weight is 306 g/mol. The normalized spacial score (nSPS) is 15.6. The zero-order valence-electron chi connectivity index (χ0n) is 13.1. The Bertz CT molecular complexity index is 487. The van der Waals surface area contributed by atoms with E-state index in [1.165, 1.54) is 51.4 Å². The molecule has 6 heteroatoms. The van der Waals surface area contributed by atoms with E-state index < -0.39 is 4.92 Å². The summed E-state index contributed by atoms with van der Waals surface area (Å²) in [6.07, 6.45) is 7.42. The van der Waals surface area contributed by atoms with Gasteiger partial charge in [0.05, 0.1) is 4.92 Å². The van der Waals surface area contributed by atoms with Crippen molar-refractivity contribution >= 4 is 17.1 Å². The van der Waals surface area contributed by atoms with Crippen LogP contribution in [0.4, 0.5) is 17.1 Å². The van der Waals surface area contributed by atoms with Gasteiger partial charge in [0.25, 0.3) is 5.69 Å². The Morgan fingerprint density at radius 2 is 1.95 bits per heavy atom. The van der Waals surface area contributed by atoms with Gasteiger partial charge in [0.1, 0.15) is 5.69 Å². The van der Waals surface area contributed by atoms with Crippen LogP contribution < -0.4 is 11.1 Å². The van der Waals surface area contributed by atoms with Crippen molar-refractivity contribution in [1.82, 2.24) is 4.90 Å². The van der Waals surface area contributed by atoms with Crippen molar-refractivity contribution in [3.63, 3.8) is 0 Å². The third kappa shape index (κ3) is 5.18. The molecule has 0 atom stereocenters. The molecule has 1 aliphatic heterocycles. The van der Waals surface area contributed by atoms with Crippen molar-refractivity contribution in [2.75, 3.05) is 37.2 Å². The number of anilines is 2. The van der Waals surface area contributed by atoms with Gasteiger partial charge < -0.3 is 16.0 Å². The summed E-state index contributed by atoms with van der Waals surface area (Å²) in [5.74, 6) is 0. The Balaban J connectivity index is 1.65. The molecule has 1 fully saturated rings. The van der Waals surface area contributed by atoms with Gasteiger partial charge >= 0.3 is 0 Å². The van der Waals surface area contributed by atoms with Gasteiger partial charge in [-0.2, -0.15) is 0 Å². The van der Waals surface area contributed by atoms with Crippen molar-refractivity contribution in [3.8, 4) is 0 Å². The highest BCUT2D eigenvalue weighted by Gasteiger charge is 2.13. The van der Waals surface area contributed by atoms with Crippen LogP contribution in [-0.4, -0.2) is 36.0 Å². The monoisotopic (exact) mass is 306 g/mol. The van der Waals surface area contributed by atoms with E-state index in [-0.39, 0.29) is 5.69 Å². The van der Waals surface area contributed by atoms with Gasteiger partial charge in [-0.1, -0.05) is 12.8 Å². The van der Waals surface area contributed by atoms with Gasteiger partial charge in [-0.25, -0.2) is 0 Å². The van der Waals surface area contributed by atoms with Crippen LogP contribution in [0.1, 0.15) is 38.5 Å². The second-order valence-corrected chi connectivity index (χ2v) is 5.92. The molecule has 0 amide bonds. The van der Waals surface area contributed by atoms with Crippen molar-refractivity contribution in [1.29, 1.82) is 0 Å². The number of hydrogen-bond donors (Lipinski definition) is 2. The summed E-state index contributed by atoms with van der Waals surface area (Å²) in [6, 6.07) is 4.77. The molecule has 0 saturated carbocycles. The molecule has 1 heterocycles. The maximum Gasteiger partial charge on any atom is 0.294 e. The quantitative estimate of drug-likeness (QED) is 0.333. The van der Waals surface area contributed by atoms with Crippen LogP contribution in [0.25, 0.3) is 0 Å². The number of benzene rings is 1. The first-order chi connectivity index (χ1) is 10.7. The molecular weight excluding hydrogens is 280 g/mol. The molecule has 1 aliphatic rings. The third-order valence-corrected chi connectivity index (χ3v) is 4.13. The minimum Gasteiger partial charge on any atom is -0.399 e. The zero-order valence-corrected chi connectivity index (χ0v) is 13.1. The minimum atomic E-state index is -0.394. The van der Waals surface area contributed by atoms with Gasteiger partial charge in [0.2, 0.25) is 0 Å². The Hall–Kier alpha value is -1.82. The SMILES string of the molecule is Nc1ccc(NCCCCCN2CCCCC2)c([N+](=O)[O-])c1. The molecule has 0 bridgehead atoms. The predicted molar refractivity (Wildman–Crippen MR) is 90.1 cm³/mol. The number of piperidine rings is 1. The highest BCUT2D eigenvalue weighted by molar-refractivity contribution is 5.66. The maximum absolute atomic E-state index is 11.0. The number of rotatable bonds is 8.